The quantitative estimate of drug-likeness (QED) is 0.634. The summed E-state index contributed by atoms with van der Waals surface area (Å²) in [5, 5.41) is 17.4. The Labute approximate surface area is 81.2 Å². The summed E-state index contributed by atoms with van der Waals surface area (Å²) in [7, 11) is 0. The first kappa shape index (κ1) is 10.2. The topological polar surface area (TPSA) is 70.4 Å². The van der Waals surface area contributed by atoms with Crippen LogP contribution < -0.4 is 0 Å². The fourth-order valence-corrected chi connectivity index (χ4v) is 0.773. The molecule has 4 nitrogen and oxygen atoms in total. The first-order valence-corrected chi connectivity index (χ1v) is 3.98. The molecule has 0 aliphatic carbocycles. The van der Waals surface area contributed by atoms with Crippen molar-refractivity contribution in [2.45, 2.75) is 13.0 Å². The minimum atomic E-state index is -1.02. The molecule has 0 amide bonds. The number of nitrogens with zero attached hydrogens (tertiary/aromatic N) is 1. The average Bonchev–Trinajstić information content (AvgIpc) is 2.15. The first-order chi connectivity index (χ1) is 6.59. The van der Waals surface area contributed by atoms with E-state index >= 15 is 0 Å². The van der Waals surface area contributed by atoms with Crippen molar-refractivity contribution < 1.29 is 15.0 Å². The predicted molar refractivity (Wildman–Crippen MR) is 49.8 cm³/mol. The van der Waals surface area contributed by atoms with Crippen LogP contribution in [0.2, 0.25) is 0 Å². The molecule has 0 fully saturated rings. The SMILES string of the molecule is C[C@H](O)C#Cc1ccc(C(=O)O)cn1. The molecule has 1 rings (SSSR count). The molecule has 0 aromatic carbocycles. The van der Waals surface area contributed by atoms with Gasteiger partial charge >= 0.3 is 5.97 Å². The van der Waals surface area contributed by atoms with Gasteiger partial charge in [0.1, 0.15) is 11.8 Å². The molecule has 1 aromatic rings. The van der Waals surface area contributed by atoms with E-state index in [9.17, 15) is 4.79 Å². The van der Waals surface area contributed by atoms with Gasteiger partial charge in [0, 0.05) is 6.20 Å². The molecule has 1 aromatic heterocycles. The van der Waals surface area contributed by atoms with Crippen molar-refractivity contribution in [3.8, 4) is 11.8 Å². The Balaban J connectivity index is 2.85. The number of carbonyl (C=O) groups is 1. The monoisotopic (exact) mass is 191 g/mol. The van der Waals surface area contributed by atoms with E-state index in [4.69, 9.17) is 10.2 Å². The molecule has 0 radical (unpaired) electrons. The highest BCUT2D eigenvalue weighted by molar-refractivity contribution is 5.87. The van der Waals surface area contributed by atoms with Gasteiger partial charge in [0.15, 0.2) is 0 Å². The zero-order chi connectivity index (χ0) is 10.6. The Kier molecular flexibility index (Phi) is 3.21. The highest BCUT2D eigenvalue weighted by atomic mass is 16.4. The molecule has 2 N–H and O–H groups in total. The second kappa shape index (κ2) is 4.40. The molecule has 4 heteroatoms. The maximum Gasteiger partial charge on any atom is 0.337 e. The van der Waals surface area contributed by atoms with Crippen LogP contribution in [0.5, 0.6) is 0 Å². The van der Waals surface area contributed by atoms with Gasteiger partial charge in [0.25, 0.3) is 0 Å². The summed E-state index contributed by atoms with van der Waals surface area (Å²) >= 11 is 0. The van der Waals surface area contributed by atoms with E-state index < -0.39 is 12.1 Å². The number of aromatic carboxylic acids is 1. The van der Waals surface area contributed by atoms with Gasteiger partial charge in [-0.15, -0.1) is 0 Å². The molecule has 0 aliphatic rings. The molecule has 72 valence electrons. The van der Waals surface area contributed by atoms with E-state index in [1.54, 1.807) is 6.92 Å². The van der Waals surface area contributed by atoms with Gasteiger partial charge in [-0.25, -0.2) is 9.78 Å². The van der Waals surface area contributed by atoms with Crippen molar-refractivity contribution in [2.24, 2.45) is 0 Å². The van der Waals surface area contributed by atoms with Crippen LogP contribution in [0, 0.1) is 11.8 Å². The van der Waals surface area contributed by atoms with Gasteiger partial charge in [-0.05, 0) is 25.0 Å². The molecule has 0 saturated heterocycles. The highest BCUT2D eigenvalue weighted by Gasteiger charge is 2.01. The van der Waals surface area contributed by atoms with Crippen LogP contribution in [-0.4, -0.2) is 27.3 Å². The minimum absolute atomic E-state index is 0.118. The summed E-state index contributed by atoms with van der Waals surface area (Å²) in [6.07, 6.45) is 0.518. The van der Waals surface area contributed by atoms with Crippen LogP contribution in [0.1, 0.15) is 23.0 Å². The molecule has 1 heterocycles. The predicted octanol–water partition coefficient (Wildman–Crippen LogP) is 0.512. The zero-order valence-corrected chi connectivity index (χ0v) is 7.56. The summed E-state index contributed by atoms with van der Waals surface area (Å²) in [5.74, 6) is 4.09. The number of aromatic nitrogens is 1. The fraction of sp³-hybridized carbons (Fsp3) is 0.200. The summed E-state index contributed by atoms with van der Waals surface area (Å²) in [5.41, 5.74) is 0.559. The lowest BCUT2D eigenvalue weighted by Gasteiger charge is -1.93. The van der Waals surface area contributed by atoms with Crippen LogP contribution in [0.4, 0.5) is 0 Å². The number of aliphatic hydroxyl groups excluding tert-OH is 1. The summed E-state index contributed by atoms with van der Waals surface area (Å²) in [6, 6.07) is 2.92. The summed E-state index contributed by atoms with van der Waals surface area (Å²) in [6.45, 7) is 1.54. The standard InChI is InChI=1S/C10H9NO3/c1-7(12)2-4-9-5-3-8(6-11-9)10(13)14/h3,5-7,12H,1H3,(H,13,14)/t7-/m0/s1. The summed E-state index contributed by atoms with van der Waals surface area (Å²) in [4.78, 5) is 14.3. The Morgan fingerprint density at radius 2 is 2.29 bits per heavy atom. The Hall–Kier alpha value is -1.86. The van der Waals surface area contributed by atoms with E-state index in [-0.39, 0.29) is 5.56 Å². The van der Waals surface area contributed by atoms with Gasteiger partial charge in [-0.1, -0.05) is 5.92 Å². The smallest absolute Gasteiger partial charge is 0.337 e. The molecule has 14 heavy (non-hydrogen) atoms. The molecular formula is C10H9NO3. The number of aliphatic hydroxyl groups is 1. The van der Waals surface area contributed by atoms with E-state index in [0.717, 1.165) is 0 Å². The number of carboxylic acid groups (broad SMARTS) is 1. The van der Waals surface area contributed by atoms with Crippen LogP contribution in [0.25, 0.3) is 0 Å². The van der Waals surface area contributed by atoms with Crippen molar-refractivity contribution in [3.63, 3.8) is 0 Å². The molecule has 0 unspecified atom stereocenters. The Bertz CT molecular complexity index is 384. The molecule has 0 aliphatic heterocycles. The number of hydrogen-bond donors (Lipinski definition) is 2. The van der Waals surface area contributed by atoms with E-state index in [1.807, 2.05) is 0 Å². The maximum absolute atomic E-state index is 10.5. The van der Waals surface area contributed by atoms with E-state index in [0.29, 0.717) is 5.69 Å². The van der Waals surface area contributed by atoms with E-state index in [1.165, 1.54) is 18.3 Å². The Morgan fingerprint density at radius 1 is 1.57 bits per heavy atom. The third-order valence-corrected chi connectivity index (χ3v) is 1.42. The molecular weight excluding hydrogens is 182 g/mol. The second-order valence-electron chi connectivity index (χ2n) is 2.68. The highest BCUT2D eigenvalue weighted by Crippen LogP contribution is 1.98. The number of carboxylic acids is 1. The molecule has 0 spiro atoms. The largest absolute Gasteiger partial charge is 0.478 e. The third kappa shape index (κ3) is 2.88. The zero-order valence-electron chi connectivity index (χ0n) is 7.56. The lowest BCUT2D eigenvalue weighted by atomic mass is 10.2. The van der Waals surface area contributed by atoms with Gasteiger partial charge in [-0.3, -0.25) is 0 Å². The van der Waals surface area contributed by atoms with Gasteiger partial charge in [-0.2, -0.15) is 0 Å². The minimum Gasteiger partial charge on any atom is -0.478 e. The normalized spacial score (nSPS) is 11.3. The van der Waals surface area contributed by atoms with Crippen molar-refractivity contribution in [3.05, 3.63) is 29.6 Å². The lowest BCUT2D eigenvalue weighted by molar-refractivity contribution is 0.0696. The maximum atomic E-state index is 10.5. The van der Waals surface area contributed by atoms with Gasteiger partial charge in [0.05, 0.1) is 5.56 Å². The molecule has 0 bridgehead atoms. The second-order valence-corrected chi connectivity index (χ2v) is 2.68. The van der Waals surface area contributed by atoms with Gasteiger partial charge < -0.3 is 10.2 Å². The molecule has 1 atom stereocenters. The van der Waals surface area contributed by atoms with Crippen LogP contribution in [-0.2, 0) is 0 Å². The van der Waals surface area contributed by atoms with Crippen LogP contribution in [0.3, 0.4) is 0 Å². The van der Waals surface area contributed by atoms with E-state index in [2.05, 4.69) is 16.8 Å². The van der Waals surface area contributed by atoms with Crippen molar-refractivity contribution in [1.82, 2.24) is 4.98 Å². The number of rotatable bonds is 1. The third-order valence-electron chi connectivity index (χ3n) is 1.42. The first-order valence-electron chi connectivity index (χ1n) is 3.98. The van der Waals surface area contributed by atoms with Crippen molar-refractivity contribution in [1.29, 1.82) is 0 Å². The van der Waals surface area contributed by atoms with Crippen molar-refractivity contribution in [2.75, 3.05) is 0 Å². The summed E-state index contributed by atoms with van der Waals surface area (Å²) < 4.78 is 0. The van der Waals surface area contributed by atoms with Crippen LogP contribution in [0.15, 0.2) is 18.3 Å². The number of hydrogen-bond acceptors (Lipinski definition) is 3. The van der Waals surface area contributed by atoms with Crippen molar-refractivity contribution >= 4 is 5.97 Å². The fourth-order valence-electron chi connectivity index (χ4n) is 0.773. The lowest BCUT2D eigenvalue weighted by Crippen LogP contribution is -1.98. The van der Waals surface area contributed by atoms with Crippen LogP contribution >= 0.6 is 0 Å². The molecule has 0 saturated carbocycles. The Morgan fingerprint density at radius 3 is 2.71 bits per heavy atom. The average molecular weight is 191 g/mol. The van der Waals surface area contributed by atoms with Gasteiger partial charge in [0.2, 0.25) is 0 Å². The number of pyridine rings is 1.